The fourth-order valence-corrected chi connectivity index (χ4v) is 8.17. The zero-order valence-electron chi connectivity index (χ0n) is 44.5. The van der Waals surface area contributed by atoms with Gasteiger partial charge in [0.15, 0.2) is 6.10 Å². The maximum Gasteiger partial charge on any atom is 0.472 e. The minimum atomic E-state index is -4.75. The summed E-state index contributed by atoms with van der Waals surface area (Å²) in [5.41, 5.74) is 0. The number of rotatable bonds is 51. The molecule has 0 fully saturated rings. The number of phosphoric ester groups is 1. The van der Waals surface area contributed by atoms with Crippen molar-refractivity contribution in [2.45, 2.75) is 251 Å². The molecule has 0 saturated heterocycles. The number of hydrogen-bond acceptors (Lipinski definition) is 10. The molecule has 404 valence electrons. The lowest BCUT2D eigenvalue weighted by atomic mass is 10.1. The van der Waals surface area contributed by atoms with Crippen LogP contribution < -0.4 is 0 Å². The van der Waals surface area contributed by atoms with Gasteiger partial charge >= 0.3 is 25.7 Å². The van der Waals surface area contributed by atoms with Crippen LogP contribution in [0.2, 0.25) is 0 Å². The lowest BCUT2D eigenvalue weighted by molar-refractivity contribution is -0.161. The normalized spacial score (nSPS) is 14.0. The van der Waals surface area contributed by atoms with Gasteiger partial charge in [0.1, 0.15) is 12.7 Å². The van der Waals surface area contributed by atoms with Crippen LogP contribution in [-0.2, 0) is 42.2 Å². The predicted octanol–water partition coefficient (Wildman–Crippen LogP) is 16.1. The first kappa shape index (κ1) is 66.9. The Morgan fingerprint density at radius 1 is 0.414 bits per heavy atom. The third-order valence-corrected chi connectivity index (χ3v) is 12.5. The molecule has 0 aliphatic heterocycles. The molecule has 0 aliphatic carbocycles. The van der Waals surface area contributed by atoms with E-state index in [1.54, 1.807) is 0 Å². The standard InChI is InChI=1S/C58H101O11P/c1-4-7-10-13-16-19-22-24-25-26-27-28-29-31-33-35-38-41-44-47-56(60)65-51-55(69-58(62)49-46-43-40-37-34-30-23-20-17-14-11-8-5-2)53-67-70(63,64)66-52-54(50-59)68-57(61)48-45-42-39-36-32-21-18-15-12-9-6-3/h7,10-11,14,16,19-20,23-25,27-28,54-55,59H,4-6,8-9,12-13,15,17-18,21-22,26,29-53H2,1-3H3,(H,63,64)/b10-7-,14-11-,19-16-,23-20-,25-24-,28-27-. The van der Waals surface area contributed by atoms with Gasteiger partial charge in [0.2, 0.25) is 0 Å². The molecular formula is C58H101O11P. The van der Waals surface area contributed by atoms with Crippen molar-refractivity contribution in [1.29, 1.82) is 0 Å². The molecule has 0 saturated carbocycles. The Balaban J connectivity index is 4.74. The highest BCUT2D eigenvalue weighted by Crippen LogP contribution is 2.43. The molecule has 0 aliphatic rings. The van der Waals surface area contributed by atoms with E-state index in [2.05, 4.69) is 93.7 Å². The molecule has 3 unspecified atom stereocenters. The number of aliphatic hydroxyl groups is 1. The molecule has 12 heteroatoms. The quantitative estimate of drug-likeness (QED) is 0.0197. The molecular weight excluding hydrogens is 904 g/mol. The van der Waals surface area contributed by atoms with E-state index in [1.807, 2.05) is 0 Å². The number of ether oxygens (including phenoxy) is 3. The smallest absolute Gasteiger partial charge is 0.462 e. The van der Waals surface area contributed by atoms with Gasteiger partial charge < -0.3 is 24.2 Å². The van der Waals surface area contributed by atoms with Crippen LogP contribution in [0.3, 0.4) is 0 Å². The molecule has 0 rings (SSSR count). The minimum absolute atomic E-state index is 0.147. The van der Waals surface area contributed by atoms with Gasteiger partial charge in [-0.2, -0.15) is 0 Å². The Morgan fingerprint density at radius 2 is 0.771 bits per heavy atom. The second kappa shape index (κ2) is 52.2. The molecule has 0 heterocycles. The highest BCUT2D eigenvalue weighted by Gasteiger charge is 2.28. The third kappa shape index (κ3) is 49.9. The van der Waals surface area contributed by atoms with Crippen LogP contribution in [0.15, 0.2) is 72.9 Å². The Labute approximate surface area is 427 Å². The van der Waals surface area contributed by atoms with Gasteiger partial charge in [0, 0.05) is 19.3 Å². The third-order valence-electron chi connectivity index (χ3n) is 11.6. The van der Waals surface area contributed by atoms with E-state index in [9.17, 15) is 28.9 Å². The second-order valence-electron chi connectivity index (χ2n) is 18.4. The minimum Gasteiger partial charge on any atom is -0.462 e. The largest absolute Gasteiger partial charge is 0.472 e. The fourth-order valence-electron chi connectivity index (χ4n) is 7.38. The van der Waals surface area contributed by atoms with Crippen molar-refractivity contribution in [2.24, 2.45) is 0 Å². The molecule has 0 bridgehead atoms. The van der Waals surface area contributed by atoms with Gasteiger partial charge in [-0.25, -0.2) is 4.57 Å². The first-order chi connectivity index (χ1) is 34.2. The molecule has 0 aromatic carbocycles. The van der Waals surface area contributed by atoms with Gasteiger partial charge in [-0.3, -0.25) is 23.4 Å². The lowest BCUT2D eigenvalue weighted by Crippen LogP contribution is -2.30. The van der Waals surface area contributed by atoms with Crippen LogP contribution in [0.25, 0.3) is 0 Å². The summed E-state index contributed by atoms with van der Waals surface area (Å²) < 4.78 is 39.4. The Bertz CT molecular complexity index is 1450. The maximum absolute atomic E-state index is 12.9. The van der Waals surface area contributed by atoms with Gasteiger partial charge in [0.05, 0.1) is 19.8 Å². The van der Waals surface area contributed by atoms with Crippen LogP contribution in [0.4, 0.5) is 0 Å². The van der Waals surface area contributed by atoms with Crippen molar-refractivity contribution in [3.63, 3.8) is 0 Å². The predicted molar refractivity (Wildman–Crippen MR) is 288 cm³/mol. The number of hydrogen-bond donors (Lipinski definition) is 2. The SMILES string of the molecule is CC/C=C\C/C=C\C/C=C\C/C=C\CCCCCCCCC(=O)OCC(COP(=O)(O)OCC(CO)OC(=O)CCCCCCCCCCCCC)OC(=O)CCCCCCC/C=C\C/C=C\CCC. The van der Waals surface area contributed by atoms with Crippen molar-refractivity contribution in [1.82, 2.24) is 0 Å². The van der Waals surface area contributed by atoms with Crippen LogP contribution in [-0.4, -0.2) is 66.5 Å². The molecule has 0 radical (unpaired) electrons. The van der Waals surface area contributed by atoms with Crippen LogP contribution in [0.5, 0.6) is 0 Å². The molecule has 0 spiro atoms. The molecule has 0 aromatic heterocycles. The van der Waals surface area contributed by atoms with E-state index in [-0.39, 0.29) is 25.9 Å². The van der Waals surface area contributed by atoms with Crippen molar-refractivity contribution in [3.05, 3.63) is 72.9 Å². The highest BCUT2D eigenvalue weighted by atomic mass is 31.2. The maximum atomic E-state index is 12.9. The lowest BCUT2D eigenvalue weighted by Gasteiger charge is -2.21. The Morgan fingerprint density at radius 3 is 1.20 bits per heavy atom. The average Bonchev–Trinajstić information content (AvgIpc) is 3.35. The van der Waals surface area contributed by atoms with E-state index >= 15 is 0 Å². The average molecular weight is 1010 g/mol. The van der Waals surface area contributed by atoms with Crippen molar-refractivity contribution >= 4 is 25.7 Å². The van der Waals surface area contributed by atoms with Crippen molar-refractivity contribution in [2.75, 3.05) is 26.4 Å². The Hall–Kier alpha value is -3.08. The molecule has 11 nitrogen and oxygen atoms in total. The summed E-state index contributed by atoms with van der Waals surface area (Å²) in [7, 11) is -4.75. The zero-order chi connectivity index (χ0) is 51.3. The monoisotopic (exact) mass is 1000 g/mol. The summed E-state index contributed by atoms with van der Waals surface area (Å²) in [5, 5.41) is 9.78. The Kier molecular flexibility index (Phi) is 50.0. The summed E-state index contributed by atoms with van der Waals surface area (Å²) in [4.78, 5) is 48.4. The molecule has 2 N–H and O–H groups in total. The van der Waals surface area contributed by atoms with Crippen LogP contribution in [0, 0.1) is 0 Å². The molecule has 3 atom stereocenters. The highest BCUT2D eigenvalue weighted by molar-refractivity contribution is 7.47. The zero-order valence-corrected chi connectivity index (χ0v) is 45.4. The number of allylic oxidation sites excluding steroid dienone is 12. The second-order valence-corrected chi connectivity index (χ2v) is 19.8. The number of unbranched alkanes of at least 4 members (excludes halogenated alkanes) is 22. The van der Waals surface area contributed by atoms with Crippen LogP contribution >= 0.6 is 7.82 Å². The van der Waals surface area contributed by atoms with E-state index in [0.29, 0.717) is 19.3 Å². The summed E-state index contributed by atoms with van der Waals surface area (Å²) in [5.74, 6) is -1.50. The number of esters is 3. The fraction of sp³-hybridized carbons (Fsp3) is 0.741. The summed E-state index contributed by atoms with van der Waals surface area (Å²) in [6.07, 6.45) is 57.2. The summed E-state index contributed by atoms with van der Waals surface area (Å²) >= 11 is 0. The topological polar surface area (TPSA) is 155 Å². The molecule has 70 heavy (non-hydrogen) atoms. The van der Waals surface area contributed by atoms with Gasteiger partial charge in [-0.15, -0.1) is 0 Å². The van der Waals surface area contributed by atoms with E-state index in [4.69, 9.17) is 23.3 Å². The van der Waals surface area contributed by atoms with E-state index in [0.717, 1.165) is 135 Å². The van der Waals surface area contributed by atoms with E-state index in [1.165, 1.54) is 44.9 Å². The first-order valence-electron chi connectivity index (χ1n) is 27.8. The molecule has 0 aromatic rings. The number of carbonyl (C=O) groups is 3. The van der Waals surface area contributed by atoms with Gasteiger partial charge in [0.25, 0.3) is 0 Å². The molecule has 0 amide bonds. The van der Waals surface area contributed by atoms with Crippen LogP contribution in [0.1, 0.15) is 239 Å². The van der Waals surface area contributed by atoms with Crippen molar-refractivity contribution in [3.8, 4) is 0 Å². The van der Waals surface area contributed by atoms with Gasteiger partial charge in [-0.05, 0) is 83.5 Å². The van der Waals surface area contributed by atoms with Gasteiger partial charge in [-0.1, -0.05) is 209 Å². The first-order valence-corrected chi connectivity index (χ1v) is 29.3. The van der Waals surface area contributed by atoms with Crippen molar-refractivity contribution < 1.29 is 52.2 Å². The number of carbonyl (C=O) groups excluding carboxylic acids is 3. The number of phosphoric acid groups is 1. The number of aliphatic hydroxyl groups excluding tert-OH is 1. The van der Waals surface area contributed by atoms with E-state index < -0.39 is 57.8 Å². The summed E-state index contributed by atoms with van der Waals surface area (Å²) in [6.45, 7) is 4.43. The summed E-state index contributed by atoms with van der Waals surface area (Å²) in [6, 6.07) is 0.